The van der Waals surface area contributed by atoms with E-state index in [1.807, 2.05) is 0 Å². The standard InChI is InChI=1S/C20H34N6S/c1-14(2)21-20(27)24-19-22-17(25-9-5-15(3)6-10-25)13-18(23-19)26-11-7-16(4)8-12-26/h13-16H,5-12H2,1-4H3,(H2,21,22,23,24,27). The molecule has 7 heteroatoms. The molecule has 27 heavy (non-hydrogen) atoms. The number of hydrogen-bond donors (Lipinski definition) is 2. The molecule has 0 aromatic carbocycles. The molecule has 2 fully saturated rings. The summed E-state index contributed by atoms with van der Waals surface area (Å²) in [4.78, 5) is 14.4. The molecule has 2 N–H and O–H groups in total. The molecule has 0 amide bonds. The SMILES string of the molecule is CC1CCN(c2cc(N3CCC(C)CC3)nc(NC(=S)NC(C)C)n2)CC1. The maximum atomic E-state index is 5.41. The lowest BCUT2D eigenvalue weighted by Crippen LogP contribution is -2.37. The normalized spacial score (nSPS) is 19.4. The van der Waals surface area contributed by atoms with Crippen LogP contribution in [0.2, 0.25) is 0 Å². The topological polar surface area (TPSA) is 56.3 Å². The Balaban J connectivity index is 1.82. The molecule has 0 bridgehead atoms. The minimum absolute atomic E-state index is 0.278. The second-order valence-corrected chi connectivity index (χ2v) is 8.91. The smallest absolute Gasteiger partial charge is 0.232 e. The van der Waals surface area contributed by atoms with E-state index in [1.165, 1.54) is 25.7 Å². The van der Waals surface area contributed by atoms with Crippen LogP contribution in [0.5, 0.6) is 0 Å². The van der Waals surface area contributed by atoms with Crippen molar-refractivity contribution in [1.29, 1.82) is 0 Å². The first-order valence-corrected chi connectivity index (χ1v) is 10.8. The number of thiocarbonyl (C=S) groups is 1. The molecular weight excluding hydrogens is 356 g/mol. The zero-order chi connectivity index (χ0) is 19.4. The summed E-state index contributed by atoms with van der Waals surface area (Å²) < 4.78 is 0. The van der Waals surface area contributed by atoms with Gasteiger partial charge < -0.3 is 20.4 Å². The van der Waals surface area contributed by atoms with Crippen LogP contribution in [0.15, 0.2) is 6.07 Å². The van der Waals surface area contributed by atoms with E-state index >= 15 is 0 Å². The van der Waals surface area contributed by atoms with Crippen molar-refractivity contribution in [2.24, 2.45) is 11.8 Å². The predicted octanol–water partition coefficient (Wildman–Crippen LogP) is 3.64. The van der Waals surface area contributed by atoms with Crippen molar-refractivity contribution in [1.82, 2.24) is 15.3 Å². The molecular formula is C20H34N6S. The van der Waals surface area contributed by atoms with Gasteiger partial charge in [0, 0.05) is 38.3 Å². The van der Waals surface area contributed by atoms with Gasteiger partial charge in [-0.3, -0.25) is 0 Å². The molecule has 0 atom stereocenters. The number of anilines is 3. The zero-order valence-electron chi connectivity index (χ0n) is 17.2. The Hall–Kier alpha value is -1.63. The summed E-state index contributed by atoms with van der Waals surface area (Å²) in [6.45, 7) is 13.0. The van der Waals surface area contributed by atoms with E-state index in [4.69, 9.17) is 22.2 Å². The van der Waals surface area contributed by atoms with Gasteiger partial charge in [-0.25, -0.2) is 0 Å². The van der Waals surface area contributed by atoms with Crippen molar-refractivity contribution in [2.45, 2.75) is 59.4 Å². The van der Waals surface area contributed by atoms with Gasteiger partial charge in [0.25, 0.3) is 0 Å². The average molecular weight is 391 g/mol. The van der Waals surface area contributed by atoms with Crippen molar-refractivity contribution >= 4 is 34.9 Å². The van der Waals surface area contributed by atoms with Crippen molar-refractivity contribution in [3.05, 3.63) is 6.07 Å². The fraction of sp³-hybridized carbons (Fsp3) is 0.750. The highest BCUT2D eigenvalue weighted by atomic mass is 32.1. The second kappa shape index (κ2) is 9.04. The molecule has 0 unspecified atom stereocenters. The quantitative estimate of drug-likeness (QED) is 0.761. The van der Waals surface area contributed by atoms with Gasteiger partial charge in [-0.1, -0.05) is 13.8 Å². The third-order valence-corrected chi connectivity index (χ3v) is 5.78. The highest BCUT2D eigenvalue weighted by Gasteiger charge is 2.22. The summed E-state index contributed by atoms with van der Waals surface area (Å²) >= 11 is 5.41. The molecule has 150 valence electrons. The van der Waals surface area contributed by atoms with Gasteiger partial charge >= 0.3 is 0 Å². The lowest BCUT2D eigenvalue weighted by Gasteiger charge is -2.34. The maximum Gasteiger partial charge on any atom is 0.232 e. The Morgan fingerprint density at radius 1 is 0.963 bits per heavy atom. The van der Waals surface area contributed by atoms with Crippen LogP contribution < -0.4 is 20.4 Å². The number of piperidine rings is 2. The fourth-order valence-electron chi connectivity index (χ4n) is 3.68. The highest BCUT2D eigenvalue weighted by Crippen LogP contribution is 2.28. The minimum Gasteiger partial charge on any atom is -0.360 e. The van der Waals surface area contributed by atoms with Crippen LogP contribution in [0, 0.1) is 11.8 Å². The van der Waals surface area contributed by atoms with E-state index in [-0.39, 0.29) is 6.04 Å². The Morgan fingerprint density at radius 2 is 1.41 bits per heavy atom. The van der Waals surface area contributed by atoms with Crippen LogP contribution in [0.4, 0.5) is 17.6 Å². The fourth-order valence-corrected chi connectivity index (χ4v) is 4.00. The number of nitrogens with one attached hydrogen (secondary N) is 2. The Bertz CT molecular complexity index is 593. The lowest BCUT2D eigenvalue weighted by molar-refractivity contribution is 0.433. The van der Waals surface area contributed by atoms with Crippen molar-refractivity contribution in [2.75, 3.05) is 41.3 Å². The van der Waals surface area contributed by atoms with Gasteiger partial charge in [0.1, 0.15) is 11.6 Å². The highest BCUT2D eigenvalue weighted by molar-refractivity contribution is 7.80. The molecule has 3 rings (SSSR count). The molecule has 0 saturated carbocycles. The van der Waals surface area contributed by atoms with E-state index < -0.39 is 0 Å². The van der Waals surface area contributed by atoms with Gasteiger partial charge in [0.15, 0.2) is 5.11 Å². The first kappa shape index (κ1) is 20.1. The van der Waals surface area contributed by atoms with Crippen LogP contribution in [0.25, 0.3) is 0 Å². The van der Waals surface area contributed by atoms with E-state index in [0.717, 1.165) is 49.7 Å². The summed E-state index contributed by atoms with van der Waals surface area (Å²) in [5.74, 6) is 4.22. The summed E-state index contributed by atoms with van der Waals surface area (Å²) in [7, 11) is 0. The van der Waals surface area contributed by atoms with Crippen LogP contribution in [-0.4, -0.2) is 47.3 Å². The number of aromatic nitrogens is 2. The predicted molar refractivity (Wildman–Crippen MR) is 118 cm³/mol. The number of nitrogens with zero attached hydrogens (tertiary/aromatic N) is 4. The molecule has 0 spiro atoms. The molecule has 0 radical (unpaired) electrons. The van der Waals surface area contributed by atoms with Crippen LogP contribution in [0.3, 0.4) is 0 Å². The molecule has 2 aliphatic heterocycles. The van der Waals surface area contributed by atoms with Gasteiger partial charge in [-0.05, 0) is 63.6 Å². The van der Waals surface area contributed by atoms with Crippen molar-refractivity contribution in [3.63, 3.8) is 0 Å². The van der Waals surface area contributed by atoms with Crippen LogP contribution in [-0.2, 0) is 0 Å². The van der Waals surface area contributed by atoms with Crippen molar-refractivity contribution in [3.8, 4) is 0 Å². The van der Waals surface area contributed by atoms with Gasteiger partial charge in [0.2, 0.25) is 5.95 Å². The zero-order valence-corrected chi connectivity index (χ0v) is 18.0. The third-order valence-electron chi connectivity index (χ3n) is 5.56. The molecule has 2 saturated heterocycles. The Morgan fingerprint density at radius 3 is 1.81 bits per heavy atom. The summed E-state index contributed by atoms with van der Waals surface area (Å²) in [5.41, 5.74) is 0. The number of rotatable bonds is 4. The molecule has 1 aromatic rings. The molecule has 1 aromatic heterocycles. The first-order valence-electron chi connectivity index (χ1n) is 10.4. The number of hydrogen-bond acceptors (Lipinski definition) is 5. The molecule has 6 nitrogen and oxygen atoms in total. The van der Waals surface area contributed by atoms with Gasteiger partial charge in [-0.15, -0.1) is 0 Å². The second-order valence-electron chi connectivity index (χ2n) is 8.50. The summed E-state index contributed by atoms with van der Waals surface area (Å²) in [6.07, 6.45) is 4.88. The van der Waals surface area contributed by atoms with E-state index in [9.17, 15) is 0 Å². The first-order chi connectivity index (χ1) is 12.9. The summed E-state index contributed by atoms with van der Waals surface area (Å²) in [6, 6.07) is 2.44. The third kappa shape index (κ3) is 5.67. The molecule has 2 aliphatic rings. The monoisotopic (exact) mass is 390 g/mol. The van der Waals surface area contributed by atoms with Gasteiger partial charge in [0.05, 0.1) is 0 Å². The van der Waals surface area contributed by atoms with E-state index in [2.05, 4.69) is 54.2 Å². The molecule has 3 heterocycles. The lowest BCUT2D eigenvalue weighted by atomic mass is 9.99. The molecule has 0 aliphatic carbocycles. The average Bonchev–Trinajstić information content (AvgIpc) is 2.62. The van der Waals surface area contributed by atoms with Gasteiger partial charge in [-0.2, -0.15) is 9.97 Å². The Labute approximate surface area is 169 Å². The maximum absolute atomic E-state index is 5.41. The minimum atomic E-state index is 0.278. The van der Waals surface area contributed by atoms with E-state index in [0.29, 0.717) is 11.1 Å². The Kier molecular flexibility index (Phi) is 6.73. The van der Waals surface area contributed by atoms with E-state index in [1.54, 1.807) is 0 Å². The van der Waals surface area contributed by atoms with Crippen LogP contribution in [0.1, 0.15) is 53.4 Å². The largest absolute Gasteiger partial charge is 0.360 e. The summed E-state index contributed by atoms with van der Waals surface area (Å²) in [5, 5.41) is 6.99. The van der Waals surface area contributed by atoms with Crippen molar-refractivity contribution < 1.29 is 0 Å². The van der Waals surface area contributed by atoms with Crippen LogP contribution >= 0.6 is 12.2 Å².